The van der Waals surface area contributed by atoms with Gasteiger partial charge in [-0.2, -0.15) is 0 Å². The van der Waals surface area contributed by atoms with E-state index in [0.29, 0.717) is 5.56 Å². The quantitative estimate of drug-likeness (QED) is 0.828. The van der Waals surface area contributed by atoms with Crippen molar-refractivity contribution in [3.8, 4) is 0 Å². The lowest BCUT2D eigenvalue weighted by atomic mass is 10.2. The van der Waals surface area contributed by atoms with Crippen molar-refractivity contribution < 1.29 is 4.79 Å². The molecule has 0 aliphatic heterocycles. The summed E-state index contributed by atoms with van der Waals surface area (Å²) in [6.45, 7) is 7.73. The Kier molecular flexibility index (Phi) is 4.20. The molecule has 1 amide bonds. The van der Waals surface area contributed by atoms with Gasteiger partial charge < -0.3 is 9.30 Å². The molecule has 0 saturated carbocycles. The van der Waals surface area contributed by atoms with E-state index in [4.69, 9.17) is 0 Å². The highest BCUT2D eigenvalue weighted by Gasteiger charge is 2.18. The molecular weight excluding hydrogens is 238 g/mol. The Bertz CT molecular complexity index is 568. The predicted octanol–water partition coefficient (Wildman–Crippen LogP) is 2.90. The molecule has 2 aromatic rings. The SMILES string of the molecule is CCCN(CCC)C(=O)c1cccn2cc(C)nc12. The normalized spacial score (nSPS) is 10.9. The lowest BCUT2D eigenvalue weighted by molar-refractivity contribution is 0.0757. The van der Waals surface area contributed by atoms with Gasteiger partial charge in [-0.25, -0.2) is 4.98 Å². The van der Waals surface area contributed by atoms with Crippen LogP contribution in [0.1, 0.15) is 42.7 Å². The largest absolute Gasteiger partial charge is 0.339 e. The fourth-order valence-corrected chi connectivity index (χ4v) is 2.33. The molecule has 0 radical (unpaired) electrons. The summed E-state index contributed by atoms with van der Waals surface area (Å²) in [6.07, 6.45) is 5.82. The van der Waals surface area contributed by atoms with E-state index in [-0.39, 0.29) is 5.91 Å². The first-order chi connectivity index (χ1) is 9.17. The fraction of sp³-hybridized carbons (Fsp3) is 0.467. The summed E-state index contributed by atoms with van der Waals surface area (Å²) in [5.74, 6) is 0.0832. The molecule has 102 valence electrons. The molecule has 2 rings (SSSR count). The van der Waals surface area contributed by atoms with Crippen molar-refractivity contribution in [1.82, 2.24) is 14.3 Å². The maximum Gasteiger partial charge on any atom is 0.257 e. The Balaban J connectivity index is 2.39. The zero-order valence-corrected chi connectivity index (χ0v) is 11.9. The Morgan fingerprint density at radius 1 is 1.32 bits per heavy atom. The molecule has 0 fully saturated rings. The molecule has 4 heteroatoms. The number of imidazole rings is 1. The lowest BCUT2D eigenvalue weighted by Gasteiger charge is -2.21. The third kappa shape index (κ3) is 2.78. The molecule has 0 saturated heterocycles. The zero-order valence-electron chi connectivity index (χ0n) is 11.9. The van der Waals surface area contributed by atoms with Crippen LogP contribution in [0.15, 0.2) is 24.5 Å². The summed E-state index contributed by atoms with van der Waals surface area (Å²) >= 11 is 0. The summed E-state index contributed by atoms with van der Waals surface area (Å²) in [4.78, 5) is 19.0. The Morgan fingerprint density at radius 3 is 2.63 bits per heavy atom. The van der Waals surface area contributed by atoms with E-state index in [1.807, 2.05) is 40.8 Å². The van der Waals surface area contributed by atoms with Crippen LogP contribution in [0.25, 0.3) is 5.65 Å². The Labute approximate surface area is 114 Å². The minimum absolute atomic E-state index is 0.0832. The van der Waals surface area contributed by atoms with Crippen molar-refractivity contribution >= 4 is 11.6 Å². The number of hydrogen-bond acceptors (Lipinski definition) is 2. The monoisotopic (exact) mass is 259 g/mol. The van der Waals surface area contributed by atoms with Crippen LogP contribution in [-0.4, -0.2) is 33.3 Å². The maximum absolute atomic E-state index is 12.6. The number of amides is 1. The molecule has 0 unspecified atom stereocenters. The third-order valence-corrected chi connectivity index (χ3v) is 3.11. The molecule has 0 aromatic carbocycles. The van der Waals surface area contributed by atoms with Gasteiger partial charge >= 0.3 is 0 Å². The molecule has 2 heterocycles. The molecule has 0 spiro atoms. The number of aryl methyl sites for hydroxylation is 1. The number of nitrogens with zero attached hydrogens (tertiary/aromatic N) is 3. The van der Waals surface area contributed by atoms with Gasteiger partial charge in [0.15, 0.2) is 0 Å². The third-order valence-electron chi connectivity index (χ3n) is 3.11. The van der Waals surface area contributed by atoms with Crippen LogP contribution < -0.4 is 0 Å². The van der Waals surface area contributed by atoms with Crippen molar-refractivity contribution in [3.63, 3.8) is 0 Å². The molecule has 0 N–H and O–H groups in total. The number of rotatable bonds is 5. The summed E-state index contributed by atoms with van der Waals surface area (Å²) in [5.41, 5.74) is 2.37. The number of pyridine rings is 1. The topological polar surface area (TPSA) is 37.6 Å². The van der Waals surface area contributed by atoms with Gasteiger partial charge in [0.1, 0.15) is 5.65 Å². The first kappa shape index (κ1) is 13.6. The van der Waals surface area contributed by atoms with Gasteiger partial charge in [0, 0.05) is 25.5 Å². The summed E-state index contributed by atoms with van der Waals surface area (Å²) in [6, 6.07) is 3.76. The standard InChI is InChI=1S/C15H21N3O/c1-4-8-17(9-5-2)15(19)13-7-6-10-18-11-12(3)16-14(13)18/h6-7,10-11H,4-5,8-9H2,1-3H3. The number of fused-ring (bicyclic) bond motifs is 1. The number of aromatic nitrogens is 2. The van der Waals surface area contributed by atoms with Crippen LogP contribution >= 0.6 is 0 Å². The molecule has 0 aliphatic carbocycles. The van der Waals surface area contributed by atoms with Gasteiger partial charge in [-0.15, -0.1) is 0 Å². The smallest absolute Gasteiger partial charge is 0.257 e. The second-order valence-electron chi connectivity index (χ2n) is 4.83. The second-order valence-corrected chi connectivity index (χ2v) is 4.83. The highest BCUT2D eigenvalue weighted by molar-refractivity contribution is 5.99. The fourth-order valence-electron chi connectivity index (χ4n) is 2.33. The zero-order chi connectivity index (χ0) is 13.8. The molecule has 2 aromatic heterocycles. The Morgan fingerprint density at radius 2 is 2.00 bits per heavy atom. The van der Waals surface area contributed by atoms with Crippen LogP contribution in [0.4, 0.5) is 0 Å². The van der Waals surface area contributed by atoms with Crippen LogP contribution in [0.5, 0.6) is 0 Å². The lowest BCUT2D eigenvalue weighted by Crippen LogP contribution is -2.32. The molecule has 4 nitrogen and oxygen atoms in total. The first-order valence-corrected chi connectivity index (χ1v) is 6.91. The van der Waals surface area contributed by atoms with Crippen molar-refractivity contribution in [2.24, 2.45) is 0 Å². The first-order valence-electron chi connectivity index (χ1n) is 6.91. The van der Waals surface area contributed by atoms with Gasteiger partial charge in [-0.05, 0) is 31.9 Å². The van der Waals surface area contributed by atoms with E-state index in [9.17, 15) is 4.79 Å². The predicted molar refractivity (Wildman–Crippen MR) is 76.4 cm³/mol. The van der Waals surface area contributed by atoms with E-state index < -0.39 is 0 Å². The molecule has 19 heavy (non-hydrogen) atoms. The van der Waals surface area contributed by atoms with E-state index in [1.54, 1.807) is 0 Å². The summed E-state index contributed by atoms with van der Waals surface area (Å²) in [5, 5.41) is 0. The number of carbonyl (C=O) groups is 1. The van der Waals surface area contributed by atoms with Crippen LogP contribution in [0.3, 0.4) is 0 Å². The molecular formula is C15H21N3O. The van der Waals surface area contributed by atoms with Gasteiger partial charge in [-0.3, -0.25) is 4.79 Å². The van der Waals surface area contributed by atoms with Crippen molar-refractivity contribution in [1.29, 1.82) is 0 Å². The highest BCUT2D eigenvalue weighted by atomic mass is 16.2. The number of hydrogen-bond donors (Lipinski definition) is 0. The average Bonchev–Trinajstić information content (AvgIpc) is 2.77. The minimum atomic E-state index is 0.0832. The van der Waals surface area contributed by atoms with E-state index >= 15 is 0 Å². The molecule has 0 atom stereocenters. The van der Waals surface area contributed by atoms with Crippen LogP contribution in [-0.2, 0) is 0 Å². The van der Waals surface area contributed by atoms with Crippen molar-refractivity contribution in [2.45, 2.75) is 33.6 Å². The van der Waals surface area contributed by atoms with Gasteiger partial charge in [0.05, 0.1) is 11.3 Å². The van der Waals surface area contributed by atoms with E-state index in [1.165, 1.54) is 0 Å². The summed E-state index contributed by atoms with van der Waals surface area (Å²) < 4.78 is 1.92. The molecule has 0 bridgehead atoms. The van der Waals surface area contributed by atoms with Crippen molar-refractivity contribution in [3.05, 3.63) is 35.8 Å². The Hall–Kier alpha value is -1.84. The van der Waals surface area contributed by atoms with E-state index in [0.717, 1.165) is 37.3 Å². The maximum atomic E-state index is 12.6. The van der Waals surface area contributed by atoms with Gasteiger partial charge in [0.25, 0.3) is 5.91 Å². The average molecular weight is 259 g/mol. The second kappa shape index (κ2) is 5.87. The van der Waals surface area contributed by atoms with Gasteiger partial charge in [-0.1, -0.05) is 13.8 Å². The molecule has 0 aliphatic rings. The number of carbonyl (C=O) groups excluding carboxylic acids is 1. The van der Waals surface area contributed by atoms with E-state index in [2.05, 4.69) is 18.8 Å². The highest BCUT2D eigenvalue weighted by Crippen LogP contribution is 2.14. The van der Waals surface area contributed by atoms with Crippen molar-refractivity contribution in [2.75, 3.05) is 13.1 Å². The minimum Gasteiger partial charge on any atom is -0.339 e. The van der Waals surface area contributed by atoms with Gasteiger partial charge in [0.2, 0.25) is 0 Å². The van der Waals surface area contributed by atoms with Crippen LogP contribution in [0, 0.1) is 6.92 Å². The summed E-state index contributed by atoms with van der Waals surface area (Å²) in [7, 11) is 0. The van der Waals surface area contributed by atoms with Crippen LogP contribution in [0.2, 0.25) is 0 Å².